The van der Waals surface area contributed by atoms with E-state index in [2.05, 4.69) is 22.0 Å². The Morgan fingerprint density at radius 2 is 1.95 bits per heavy atom. The number of hydrogen-bond donors (Lipinski definition) is 0. The van der Waals surface area contributed by atoms with Gasteiger partial charge >= 0.3 is 0 Å². The third-order valence-electron chi connectivity index (χ3n) is 3.16. The van der Waals surface area contributed by atoms with Crippen LogP contribution in [0, 0.1) is 10.4 Å². The highest BCUT2D eigenvalue weighted by Crippen LogP contribution is 2.20. The molecule has 4 rings (SSSR count). The molecule has 0 unspecified atom stereocenters. The van der Waals surface area contributed by atoms with Crippen LogP contribution < -0.4 is 5.43 Å². The third-order valence-corrected chi connectivity index (χ3v) is 4.12. The van der Waals surface area contributed by atoms with Crippen molar-refractivity contribution in [3.8, 4) is 0 Å². The summed E-state index contributed by atoms with van der Waals surface area (Å²) >= 11 is 8.93. The minimum atomic E-state index is 0.00375. The molecule has 0 amide bonds. The number of alkyl halides is 1. The van der Waals surface area contributed by atoms with Gasteiger partial charge in [0.15, 0.2) is 5.43 Å². The molecule has 1 aromatic carbocycles. The molecule has 20 heavy (non-hydrogen) atoms. The molecule has 1 aromatic heterocycles. The van der Waals surface area contributed by atoms with Crippen molar-refractivity contribution < 1.29 is 4.42 Å². The normalized spacial score (nSPS) is 10.9. The lowest BCUT2D eigenvalue weighted by atomic mass is 10.1. The van der Waals surface area contributed by atoms with Gasteiger partial charge in [0.2, 0.25) is 0 Å². The molecule has 0 radical (unpaired) electrons. The number of hydrogen-bond acceptors (Lipinski definition) is 2. The summed E-state index contributed by atoms with van der Waals surface area (Å²) in [5.41, 5.74) is 1.72. The van der Waals surface area contributed by atoms with Gasteiger partial charge in [-0.15, -0.1) is 0 Å². The van der Waals surface area contributed by atoms with Crippen LogP contribution in [-0.2, 0) is 5.33 Å². The lowest BCUT2D eigenvalue weighted by molar-refractivity contribution is 0.602. The molecule has 1 heterocycles. The van der Waals surface area contributed by atoms with Crippen LogP contribution >= 0.6 is 27.5 Å². The van der Waals surface area contributed by atoms with Crippen molar-refractivity contribution in [2.45, 2.75) is 5.33 Å². The van der Waals surface area contributed by atoms with Crippen molar-refractivity contribution in [1.82, 2.24) is 0 Å². The topological polar surface area (TPSA) is 30.2 Å². The van der Waals surface area contributed by atoms with E-state index < -0.39 is 0 Å². The van der Waals surface area contributed by atoms with E-state index in [0.29, 0.717) is 11.0 Å². The van der Waals surface area contributed by atoms with Crippen LogP contribution in [0.15, 0.2) is 57.9 Å². The maximum Gasteiger partial charge on any atom is 0.192 e. The smallest absolute Gasteiger partial charge is 0.192 e. The minimum absolute atomic E-state index is 0.00375. The highest BCUT2D eigenvalue weighted by Gasteiger charge is 2.00. The van der Waals surface area contributed by atoms with Crippen LogP contribution in [0.3, 0.4) is 0 Å². The Balaban J connectivity index is 0.000000144. The van der Waals surface area contributed by atoms with Gasteiger partial charge in [-0.3, -0.25) is 4.79 Å². The molecule has 0 atom stereocenters. The second-order valence-corrected chi connectivity index (χ2v) is 5.41. The first-order valence-electron chi connectivity index (χ1n) is 6.05. The second kappa shape index (κ2) is 5.43. The van der Waals surface area contributed by atoms with Crippen LogP contribution in [0.5, 0.6) is 0 Å². The van der Waals surface area contributed by atoms with Gasteiger partial charge in [-0.05, 0) is 29.0 Å². The molecule has 0 saturated carbocycles. The molecule has 100 valence electrons. The molecule has 0 aliphatic heterocycles. The first-order valence-corrected chi connectivity index (χ1v) is 7.55. The average Bonchev–Trinajstić information content (AvgIpc) is 2.45. The van der Waals surface area contributed by atoms with E-state index in [-0.39, 0.29) is 5.43 Å². The Morgan fingerprint density at radius 3 is 2.45 bits per heavy atom. The van der Waals surface area contributed by atoms with Crippen molar-refractivity contribution in [3.05, 3.63) is 80.0 Å². The average molecular weight is 350 g/mol. The largest absolute Gasteiger partial charge is 0.464 e. The zero-order valence-electron chi connectivity index (χ0n) is 10.4. The predicted octanol–water partition coefficient (Wildman–Crippen LogP) is 4.63. The summed E-state index contributed by atoms with van der Waals surface area (Å²) in [6.45, 7) is 0. The summed E-state index contributed by atoms with van der Waals surface area (Å²) in [6.07, 6.45) is 1.42. The molecular formula is C16H10BrClO2. The minimum Gasteiger partial charge on any atom is -0.464 e. The number of fused-ring (bicyclic) bond motifs is 1. The van der Waals surface area contributed by atoms with E-state index in [4.69, 9.17) is 16.0 Å². The van der Waals surface area contributed by atoms with E-state index in [0.717, 1.165) is 15.9 Å². The highest BCUT2D eigenvalue weighted by molar-refractivity contribution is 9.08. The Labute approximate surface area is 128 Å². The van der Waals surface area contributed by atoms with Crippen LogP contribution in [0.1, 0.15) is 5.56 Å². The third kappa shape index (κ3) is 2.39. The first kappa shape index (κ1) is 13.4. The number of halogens is 2. The standard InChI is InChI=1S/C10H7BrO2.C6H3Cl/c11-6-7-1-2-10-8(5-7)9(12)3-4-13-10;7-6-3-4-1-2-5(4)6/h1-5H,6H2;1-3H. The van der Waals surface area contributed by atoms with Gasteiger partial charge in [-0.1, -0.05) is 45.7 Å². The summed E-state index contributed by atoms with van der Waals surface area (Å²) in [6, 6.07) is 13.1. The van der Waals surface area contributed by atoms with Gasteiger partial charge in [0.05, 0.1) is 11.6 Å². The van der Waals surface area contributed by atoms with Crippen molar-refractivity contribution in [2.75, 3.05) is 0 Å². The molecule has 2 aromatic rings. The fourth-order valence-electron chi connectivity index (χ4n) is 1.96. The molecule has 2 aliphatic carbocycles. The molecule has 4 heteroatoms. The lowest BCUT2D eigenvalue weighted by Crippen LogP contribution is -1.98. The molecule has 0 fully saturated rings. The Kier molecular flexibility index (Phi) is 3.64. The SMILES string of the molecule is Clc1cc2ccc1=2.O=c1ccoc2ccc(CBr)cc12. The lowest BCUT2D eigenvalue weighted by Gasteiger charge is -2.01. The molecule has 2 aliphatic rings. The maximum absolute atomic E-state index is 11.4. The van der Waals surface area contributed by atoms with Gasteiger partial charge in [0, 0.05) is 21.6 Å². The molecule has 0 spiro atoms. The van der Waals surface area contributed by atoms with Crippen molar-refractivity contribution >= 4 is 38.5 Å². The summed E-state index contributed by atoms with van der Waals surface area (Å²) in [5, 5.41) is 4.85. The van der Waals surface area contributed by atoms with Crippen LogP contribution in [0.4, 0.5) is 0 Å². The predicted molar refractivity (Wildman–Crippen MR) is 84.2 cm³/mol. The van der Waals surface area contributed by atoms with Gasteiger partial charge < -0.3 is 4.42 Å². The van der Waals surface area contributed by atoms with Gasteiger partial charge in [0.1, 0.15) is 5.58 Å². The summed E-state index contributed by atoms with van der Waals surface area (Å²) in [7, 11) is 0. The van der Waals surface area contributed by atoms with Gasteiger partial charge in [0.25, 0.3) is 0 Å². The van der Waals surface area contributed by atoms with E-state index >= 15 is 0 Å². The zero-order chi connectivity index (χ0) is 14.1. The Morgan fingerprint density at radius 1 is 1.10 bits per heavy atom. The first-order chi connectivity index (χ1) is 9.69. The van der Waals surface area contributed by atoms with E-state index in [1.54, 1.807) is 0 Å². The Hall–Kier alpha value is -1.58. The van der Waals surface area contributed by atoms with Gasteiger partial charge in [-0.25, -0.2) is 0 Å². The summed E-state index contributed by atoms with van der Waals surface area (Å²) < 4.78 is 5.18. The van der Waals surface area contributed by atoms with Crippen LogP contribution in [0.25, 0.3) is 11.0 Å². The maximum atomic E-state index is 11.4. The Bertz CT molecular complexity index is 931. The quantitative estimate of drug-likeness (QED) is 0.469. The molecular weight excluding hydrogens is 340 g/mol. The monoisotopic (exact) mass is 348 g/mol. The van der Waals surface area contributed by atoms with E-state index in [9.17, 15) is 4.79 Å². The molecule has 0 saturated heterocycles. The second-order valence-electron chi connectivity index (χ2n) is 4.44. The molecule has 0 N–H and O–H groups in total. The number of rotatable bonds is 1. The highest BCUT2D eigenvalue weighted by atomic mass is 79.9. The van der Waals surface area contributed by atoms with Crippen molar-refractivity contribution in [2.24, 2.45) is 0 Å². The van der Waals surface area contributed by atoms with Crippen LogP contribution in [-0.4, -0.2) is 0 Å². The summed E-state index contributed by atoms with van der Waals surface area (Å²) in [4.78, 5) is 11.4. The van der Waals surface area contributed by atoms with Gasteiger partial charge in [-0.2, -0.15) is 0 Å². The van der Waals surface area contributed by atoms with E-state index in [1.165, 1.54) is 22.8 Å². The van der Waals surface area contributed by atoms with Crippen molar-refractivity contribution in [1.29, 1.82) is 0 Å². The van der Waals surface area contributed by atoms with E-state index in [1.807, 2.05) is 30.3 Å². The number of benzene rings is 2. The summed E-state index contributed by atoms with van der Waals surface area (Å²) in [5.74, 6) is 0. The molecule has 2 nitrogen and oxygen atoms in total. The molecule has 0 bridgehead atoms. The fraction of sp³-hybridized carbons (Fsp3) is 0.0625. The zero-order valence-corrected chi connectivity index (χ0v) is 12.7. The van der Waals surface area contributed by atoms with Crippen LogP contribution in [0.2, 0.25) is 5.02 Å². The fourth-order valence-corrected chi connectivity index (χ4v) is 2.60. The van der Waals surface area contributed by atoms with Crippen molar-refractivity contribution in [3.63, 3.8) is 0 Å².